The van der Waals surface area contributed by atoms with E-state index in [0.717, 1.165) is 24.5 Å². The van der Waals surface area contributed by atoms with Gasteiger partial charge in [0.25, 0.3) is 0 Å². The van der Waals surface area contributed by atoms with Crippen molar-refractivity contribution >= 4 is 5.91 Å². The van der Waals surface area contributed by atoms with Crippen LogP contribution >= 0.6 is 0 Å². The van der Waals surface area contributed by atoms with Gasteiger partial charge in [-0.15, -0.1) is 0 Å². The highest BCUT2D eigenvalue weighted by molar-refractivity contribution is 5.76. The molecule has 0 saturated carbocycles. The van der Waals surface area contributed by atoms with Crippen LogP contribution < -0.4 is 5.32 Å². The molecule has 6 nitrogen and oxygen atoms in total. The predicted octanol–water partition coefficient (Wildman–Crippen LogP) is 1.24. The van der Waals surface area contributed by atoms with Gasteiger partial charge < -0.3 is 10.4 Å². The van der Waals surface area contributed by atoms with E-state index in [0.29, 0.717) is 25.4 Å². The second-order valence-electron chi connectivity index (χ2n) is 6.99. The molecule has 0 aromatic carbocycles. The van der Waals surface area contributed by atoms with Gasteiger partial charge in [0.2, 0.25) is 5.91 Å². The van der Waals surface area contributed by atoms with Crippen LogP contribution in [0.4, 0.5) is 0 Å². The van der Waals surface area contributed by atoms with Crippen molar-refractivity contribution in [2.24, 2.45) is 5.92 Å². The molecule has 2 rings (SSSR count). The monoisotopic (exact) mass is 294 g/mol. The van der Waals surface area contributed by atoms with E-state index in [1.165, 1.54) is 0 Å². The Labute approximate surface area is 126 Å². The molecule has 2 N–H and O–H groups in total. The zero-order valence-corrected chi connectivity index (χ0v) is 13.4. The first-order chi connectivity index (χ1) is 9.74. The zero-order valence-electron chi connectivity index (χ0n) is 13.4. The molecular weight excluding hydrogens is 268 g/mol. The molecule has 1 unspecified atom stereocenters. The van der Waals surface area contributed by atoms with Crippen LogP contribution in [0.2, 0.25) is 0 Å². The molecule has 118 valence electrons. The maximum Gasteiger partial charge on any atom is 0.220 e. The molecule has 1 aromatic rings. The molecule has 0 aliphatic carbocycles. The summed E-state index contributed by atoms with van der Waals surface area (Å²) in [6.07, 6.45) is 2.14. The van der Waals surface area contributed by atoms with Crippen molar-refractivity contribution in [1.82, 2.24) is 20.1 Å². The van der Waals surface area contributed by atoms with Gasteiger partial charge >= 0.3 is 0 Å². The molecular formula is C15H26N4O2. The molecule has 1 amide bonds. The normalized spacial score (nSPS) is 19.9. The minimum atomic E-state index is -0.838. The first-order valence-corrected chi connectivity index (χ1v) is 7.67. The fraction of sp³-hybridized carbons (Fsp3) is 0.800. The Bertz CT molecular complexity index is 492. The number of nitrogens with zero attached hydrogens (tertiary/aromatic N) is 3. The summed E-state index contributed by atoms with van der Waals surface area (Å²) in [4.78, 5) is 16.0. The fourth-order valence-electron chi connectivity index (χ4n) is 2.59. The van der Waals surface area contributed by atoms with Gasteiger partial charge in [-0.05, 0) is 26.2 Å². The number of hydrogen-bond donors (Lipinski definition) is 2. The Morgan fingerprint density at radius 3 is 2.71 bits per heavy atom. The van der Waals surface area contributed by atoms with Crippen molar-refractivity contribution in [3.8, 4) is 0 Å². The van der Waals surface area contributed by atoms with Gasteiger partial charge in [0.05, 0.1) is 12.1 Å². The second-order valence-corrected chi connectivity index (χ2v) is 6.99. The van der Waals surface area contributed by atoms with Gasteiger partial charge in [0.1, 0.15) is 5.82 Å². The second kappa shape index (κ2) is 6.13. The first kappa shape index (κ1) is 15.9. The number of carbonyl (C=O) groups excluding carboxylic acids is 1. The molecule has 1 saturated heterocycles. The third-order valence-electron chi connectivity index (χ3n) is 3.50. The summed E-state index contributed by atoms with van der Waals surface area (Å²) < 4.78 is 1.82. The molecule has 1 fully saturated rings. The van der Waals surface area contributed by atoms with E-state index in [2.05, 4.69) is 29.2 Å². The minimum absolute atomic E-state index is 0.0993. The van der Waals surface area contributed by atoms with Crippen molar-refractivity contribution in [3.05, 3.63) is 11.6 Å². The van der Waals surface area contributed by atoms with Crippen LogP contribution in [0.3, 0.4) is 0 Å². The van der Waals surface area contributed by atoms with E-state index < -0.39 is 5.60 Å². The predicted molar refractivity (Wildman–Crippen MR) is 79.8 cm³/mol. The lowest BCUT2D eigenvalue weighted by molar-refractivity contribution is -0.122. The van der Waals surface area contributed by atoms with Crippen LogP contribution in [-0.2, 0) is 17.8 Å². The van der Waals surface area contributed by atoms with E-state index in [4.69, 9.17) is 0 Å². The quantitative estimate of drug-likeness (QED) is 0.856. The molecule has 1 atom stereocenters. The molecule has 2 heterocycles. The van der Waals surface area contributed by atoms with Gasteiger partial charge in [0, 0.05) is 25.3 Å². The molecule has 6 heteroatoms. The molecule has 21 heavy (non-hydrogen) atoms. The van der Waals surface area contributed by atoms with Gasteiger partial charge in [-0.25, -0.2) is 9.67 Å². The number of piperidine rings is 1. The summed E-state index contributed by atoms with van der Waals surface area (Å²) >= 11 is 0. The van der Waals surface area contributed by atoms with Crippen LogP contribution in [0.5, 0.6) is 0 Å². The number of amides is 1. The van der Waals surface area contributed by atoms with E-state index in [1.54, 1.807) is 13.8 Å². The topological polar surface area (TPSA) is 80.0 Å². The average molecular weight is 294 g/mol. The van der Waals surface area contributed by atoms with Crippen LogP contribution in [0, 0.1) is 5.92 Å². The SMILES string of the molecule is CC(C)Cc1nc(C2CCC(=O)NC2)n(CC(C)(C)O)n1. The number of hydrogen-bond acceptors (Lipinski definition) is 4. The highest BCUT2D eigenvalue weighted by Gasteiger charge is 2.27. The number of carbonyl (C=O) groups is 1. The third-order valence-corrected chi connectivity index (χ3v) is 3.50. The number of aliphatic hydroxyl groups is 1. The molecule has 1 aliphatic rings. The maximum absolute atomic E-state index is 11.3. The van der Waals surface area contributed by atoms with E-state index in [1.807, 2.05) is 4.68 Å². The summed E-state index contributed by atoms with van der Waals surface area (Å²) in [6.45, 7) is 8.82. The summed E-state index contributed by atoms with van der Waals surface area (Å²) in [5, 5.41) is 17.5. The van der Waals surface area contributed by atoms with Gasteiger partial charge in [0.15, 0.2) is 5.82 Å². The van der Waals surface area contributed by atoms with E-state index in [9.17, 15) is 9.90 Å². The molecule has 1 aliphatic heterocycles. The van der Waals surface area contributed by atoms with E-state index in [-0.39, 0.29) is 11.8 Å². The highest BCUT2D eigenvalue weighted by Crippen LogP contribution is 2.24. The van der Waals surface area contributed by atoms with Crippen LogP contribution in [0.15, 0.2) is 0 Å². The molecule has 0 spiro atoms. The Morgan fingerprint density at radius 2 is 2.19 bits per heavy atom. The number of nitrogens with one attached hydrogen (secondary N) is 1. The molecule has 1 aromatic heterocycles. The smallest absolute Gasteiger partial charge is 0.220 e. The van der Waals surface area contributed by atoms with Crippen molar-refractivity contribution in [2.75, 3.05) is 6.54 Å². The van der Waals surface area contributed by atoms with Gasteiger partial charge in [-0.1, -0.05) is 13.8 Å². The fourth-order valence-corrected chi connectivity index (χ4v) is 2.59. The van der Waals surface area contributed by atoms with Crippen molar-refractivity contribution < 1.29 is 9.90 Å². The standard InChI is InChI=1S/C15H26N4O2/c1-10(2)7-12-17-14(11-5-6-13(20)16-8-11)19(18-12)9-15(3,4)21/h10-11,21H,5-9H2,1-4H3,(H,16,20). The maximum atomic E-state index is 11.3. The lowest BCUT2D eigenvalue weighted by Gasteiger charge is -2.24. The first-order valence-electron chi connectivity index (χ1n) is 7.67. The number of aromatic nitrogens is 3. The lowest BCUT2D eigenvalue weighted by atomic mass is 9.98. The Hall–Kier alpha value is -1.43. The third kappa shape index (κ3) is 4.52. The Kier molecular flexibility index (Phi) is 4.66. The van der Waals surface area contributed by atoms with Crippen molar-refractivity contribution in [2.45, 2.75) is 65.0 Å². The number of rotatable bonds is 5. The Balaban J connectivity index is 2.23. The van der Waals surface area contributed by atoms with Gasteiger partial charge in [-0.3, -0.25) is 4.79 Å². The minimum Gasteiger partial charge on any atom is -0.389 e. The van der Waals surface area contributed by atoms with Crippen LogP contribution in [0.25, 0.3) is 0 Å². The van der Waals surface area contributed by atoms with Crippen molar-refractivity contribution in [1.29, 1.82) is 0 Å². The summed E-state index contributed by atoms with van der Waals surface area (Å²) in [5.41, 5.74) is -0.838. The lowest BCUT2D eigenvalue weighted by Crippen LogP contribution is -2.36. The highest BCUT2D eigenvalue weighted by atomic mass is 16.3. The average Bonchev–Trinajstić information content (AvgIpc) is 2.69. The van der Waals surface area contributed by atoms with Crippen LogP contribution in [0.1, 0.15) is 58.1 Å². The summed E-state index contributed by atoms with van der Waals surface area (Å²) in [7, 11) is 0. The summed E-state index contributed by atoms with van der Waals surface area (Å²) in [5.74, 6) is 2.47. The van der Waals surface area contributed by atoms with E-state index >= 15 is 0 Å². The molecule has 0 radical (unpaired) electrons. The zero-order chi connectivity index (χ0) is 15.6. The van der Waals surface area contributed by atoms with Crippen molar-refractivity contribution in [3.63, 3.8) is 0 Å². The summed E-state index contributed by atoms with van der Waals surface area (Å²) in [6, 6.07) is 0. The largest absolute Gasteiger partial charge is 0.389 e. The van der Waals surface area contributed by atoms with Gasteiger partial charge in [-0.2, -0.15) is 5.10 Å². The van der Waals surface area contributed by atoms with Crippen LogP contribution in [-0.4, -0.2) is 37.9 Å². The Morgan fingerprint density at radius 1 is 1.48 bits per heavy atom. The molecule has 0 bridgehead atoms.